The second kappa shape index (κ2) is 9.06. The van der Waals surface area contributed by atoms with Gasteiger partial charge in [0.1, 0.15) is 11.5 Å². The van der Waals surface area contributed by atoms with E-state index in [1.165, 1.54) is 12.0 Å². The SMILES string of the molecule is COc1ccc(C(C)(C)C)cc1/C(O)=C1\C(=O)C(=O)N(c2cccc(C)c2C)C1c1ccccc1. The molecule has 4 rings (SSSR count). The summed E-state index contributed by atoms with van der Waals surface area (Å²) in [6.07, 6.45) is 0. The topological polar surface area (TPSA) is 66.8 Å². The monoisotopic (exact) mass is 469 g/mol. The van der Waals surface area contributed by atoms with Crippen LogP contribution in [0.1, 0.15) is 54.6 Å². The van der Waals surface area contributed by atoms with Crippen LogP contribution in [-0.4, -0.2) is 23.9 Å². The maximum absolute atomic E-state index is 13.5. The average Bonchev–Trinajstić information content (AvgIpc) is 3.10. The number of aryl methyl sites for hydroxylation is 1. The minimum Gasteiger partial charge on any atom is -0.507 e. The van der Waals surface area contributed by atoms with Crippen LogP contribution >= 0.6 is 0 Å². The van der Waals surface area contributed by atoms with Crippen LogP contribution in [-0.2, 0) is 15.0 Å². The summed E-state index contributed by atoms with van der Waals surface area (Å²) < 4.78 is 5.54. The number of benzene rings is 3. The number of amides is 1. The van der Waals surface area contributed by atoms with Crippen molar-refractivity contribution in [1.29, 1.82) is 0 Å². The number of aliphatic hydroxyl groups excluding tert-OH is 1. The van der Waals surface area contributed by atoms with E-state index in [9.17, 15) is 14.7 Å². The van der Waals surface area contributed by atoms with Gasteiger partial charge in [-0.2, -0.15) is 0 Å². The maximum Gasteiger partial charge on any atom is 0.300 e. The molecule has 1 N–H and O–H groups in total. The number of aliphatic hydroxyl groups is 1. The quantitative estimate of drug-likeness (QED) is 0.279. The lowest BCUT2D eigenvalue weighted by molar-refractivity contribution is -0.132. The second-order valence-corrected chi connectivity index (χ2v) is 9.96. The van der Waals surface area contributed by atoms with Gasteiger partial charge in [-0.3, -0.25) is 14.5 Å². The summed E-state index contributed by atoms with van der Waals surface area (Å²) >= 11 is 0. The van der Waals surface area contributed by atoms with Crippen LogP contribution in [0.4, 0.5) is 5.69 Å². The van der Waals surface area contributed by atoms with Gasteiger partial charge < -0.3 is 9.84 Å². The number of hydrogen-bond acceptors (Lipinski definition) is 4. The molecule has 1 amide bonds. The molecule has 1 atom stereocenters. The molecule has 1 fully saturated rings. The third-order valence-corrected chi connectivity index (χ3v) is 6.72. The second-order valence-electron chi connectivity index (χ2n) is 9.96. The molecule has 180 valence electrons. The Labute approximate surface area is 206 Å². The predicted molar refractivity (Wildman–Crippen MR) is 139 cm³/mol. The van der Waals surface area contributed by atoms with E-state index in [4.69, 9.17) is 4.74 Å². The van der Waals surface area contributed by atoms with E-state index in [1.54, 1.807) is 6.07 Å². The van der Waals surface area contributed by atoms with Crippen LogP contribution < -0.4 is 9.64 Å². The zero-order chi connectivity index (χ0) is 25.5. The van der Waals surface area contributed by atoms with Gasteiger partial charge in [0.05, 0.1) is 24.3 Å². The molecule has 3 aromatic rings. The summed E-state index contributed by atoms with van der Waals surface area (Å²) in [7, 11) is 1.52. The normalized spacial score (nSPS) is 17.7. The fourth-order valence-electron chi connectivity index (χ4n) is 4.53. The fraction of sp³-hybridized carbons (Fsp3) is 0.267. The van der Waals surface area contributed by atoms with Crippen LogP contribution in [0.2, 0.25) is 0 Å². The van der Waals surface area contributed by atoms with Crippen molar-refractivity contribution < 1.29 is 19.4 Å². The first-order valence-corrected chi connectivity index (χ1v) is 11.7. The van der Waals surface area contributed by atoms with Crippen molar-refractivity contribution in [3.05, 3.63) is 100 Å². The lowest BCUT2D eigenvalue weighted by Crippen LogP contribution is -2.30. The Morgan fingerprint density at radius 1 is 0.943 bits per heavy atom. The van der Waals surface area contributed by atoms with Gasteiger partial charge in [-0.05, 0) is 59.7 Å². The predicted octanol–water partition coefficient (Wildman–Crippen LogP) is 6.24. The molecule has 0 aromatic heterocycles. The molecule has 0 saturated carbocycles. The number of Topliss-reactive ketones (excluding diaryl/α,β-unsaturated/α-hetero) is 1. The van der Waals surface area contributed by atoms with E-state index in [1.807, 2.05) is 74.5 Å². The van der Waals surface area contributed by atoms with E-state index in [2.05, 4.69) is 20.8 Å². The van der Waals surface area contributed by atoms with Crippen molar-refractivity contribution >= 4 is 23.1 Å². The Bertz CT molecular complexity index is 1330. The minimum absolute atomic E-state index is 0.0477. The molecule has 5 heteroatoms. The number of ketones is 1. The summed E-state index contributed by atoms with van der Waals surface area (Å²) in [4.78, 5) is 28.5. The smallest absolute Gasteiger partial charge is 0.300 e. The Kier molecular flexibility index (Phi) is 6.28. The average molecular weight is 470 g/mol. The number of nitrogens with zero attached hydrogens (tertiary/aromatic N) is 1. The number of ether oxygens (including phenoxy) is 1. The summed E-state index contributed by atoms with van der Waals surface area (Å²) in [6.45, 7) is 10.1. The maximum atomic E-state index is 13.5. The summed E-state index contributed by atoms with van der Waals surface area (Å²) in [6, 6.07) is 19.8. The van der Waals surface area contributed by atoms with Crippen LogP contribution in [0.5, 0.6) is 5.75 Å². The highest BCUT2D eigenvalue weighted by molar-refractivity contribution is 6.51. The summed E-state index contributed by atoms with van der Waals surface area (Å²) in [5, 5.41) is 11.6. The zero-order valence-electron chi connectivity index (χ0n) is 21.0. The molecule has 5 nitrogen and oxygen atoms in total. The van der Waals surface area contributed by atoms with Crippen molar-refractivity contribution in [2.75, 3.05) is 12.0 Å². The molecule has 0 aliphatic carbocycles. The Balaban J connectivity index is 2.02. The van der Waals surface area contributed by atoms with Gasteiger partial charge in [-0.15, -0.1) is 0 Å². The molecule has 1 heterocycles. The summed E-state index contributed by atoms with van der Waals surface area (Å²) in [5.74, 6) is -1.20. The van der Waals surface area contributed by atoms with Gasteiger partial charge in [0, 0.05) is 5.69 Å². The van der Waals surface area contributed by atoms with Gasteiger partial charge in [0.2, 0.25) is 0 Å². The van der Waals surface area contributed by atoms with E-state index in [-0.39, 0.29) is 16.7 Å². The van der Waals surface area contributed by atoms with Crippen LogP contribution in [0, 0.1) is 13.8 Å². The molecular formula is C30H31NO4. The Hall–Kier alpha value is -3.86. The van der Waals surface area contributed by atoms with Crippen molar-refractivity contribution in [2.24, 2.45) is 0 Å². The number of rotatable bonds is 4. The van der Waals surface area contributed by atoms with Crippen molar-refractivity contribution in [3.8, 4) is 5.75 Å². The van der Waals surface area contributed by atoms with Gasteiger partial charge >= 0.3 is 0 Å². The van der Waals surface area contributed by atoms with Crippen molar-refractivity contribution in [3.63, 3.8) is 0 Å². The van der Waals surface area contributed by atoms with E-state index < -0.39 is 17.7 Å². The first kappa shape index (κ1) is 24.3. The largest absolute Gasteiger partial charge is 0.507 e. The number of carbonyl (C=O) groups is 2. The van der Waals surface area contributed by atoms with Gasteiger partial charge in [0.25, 0.3) is 11.7 Å². The molecule has 0 radical (unpaired) electrons. The van der Waals surface area contributed by atoms with Crippen LogP contribution in [0.25, 0.3) is 5.76 Å². The Morgan fingerprint density at radius 2 is 1.63 bits per heavy atom. The van der Waals surface area contributed by atoms with E-state index >= 15 is 0 Å². The fourth-order valence-corrected chi connectivity index (χ4v) is 4.53. The molecule has 1 saturated heterocycles. The van der Waals surface area contributed by atoms with Crippen LogP contribution in [0.3, 0.4) is 0 Å². The highest BCUT2D eigenvalue weighted by Crippen LogP contribution is 2.44. The Morgan fingerprint density at radius 3 is 2.26 bits per heavy atom. The molecule has 3 aromatic carbocycles. The molecule has 1 aliphatic rings. The third kappa shape index (κ3) is 4.23. The molecule has 35 heavy (non-hydrogen) atoms. The van der Waals surface area contributed by atoms with E-state index in [0.717, 1.165) is 22.3 Å². The van der Waals surface area contributed by atoms with Crippen molar-refractivity contribution in [2.45, 2.75) is 46.1 Å². The highest BCUT2D eigenvalue weighted by Gasteiger charge is 2.47. The minimum atomic E-state index is -0.778. The highest BCUT2D eigenvalue weighted by atomic mass is 16.5. The number of carbonyl (C=O) groups excluding carboxylic acids is 2. The molecule has 0 spiro atoms. The third-order valence-electron chi connectivity index (χ3n) is 6.72. The molecule has 1 aliphatic heterocycles. The summed E-state index contributed by atoms with van der Waals surface area (Å²) in [5.41, 5.74) is 4.52. The van der Waals surface area contributed by atoms with E-state index in [0.29, 0.717) is 17.0 Å². The lowest BCUT2D eigenvalue weighted by Gasteiger charge is -2.27. The lowest BCUT2D eigenvalue weighted by atomic mass is 9.85. The standard InChI is InChI=1S/C30H31NO4/c1-18-11-10-14-23(19(18)2)31-26(20-12-8-7-9-13-20)25(28(33)29(31)34)27(32)22-17-21(30(3,4)5)15-16-24(22)35-6/h7-17,26,32H,1-6H3/b27-25+. The number of methoxy groups -OCH3 is 1. The van der Waals surface area contributed by atoms with Gasteiger partial charge in [-0.1, -0.05) is 69.3 Å². The van der Waals surface area contributed by atoms with Crippen molar-refractivity contribution in [1.82, 2.24) is 0 Å². The molecular weight excluding hydrogens is 438 g/mol. The van der Waals surface area contributed by atoms with Gasteiger partial charge in [0.15, 0.2) is 0 Å². The van der Waals surface area contributed by atoms with Gasteiger partial charge in [-0.25, -0.2) is 0 Å². The number of anilines is 1. The zero-order valence-corrected chi connectivity index (χ0v) is 21.0. The molecule has 1 unspecified atom stereocenters. The number of hydrogen-bond donors (Lipinski definition) is 1. The molecule has 0 bridgehead atoms. The first-order chi connectivity index (χ1) is 16.6. The van der Waals surface area contributed by atoms with Crippen LogP contribution in [0.15, 0.2) is 72.3 Å². The first-order valence-electron chi connectivity index (χ1n) is 11.7.